The Morgan fingerprint density at radius 3 is 2.48 bits per heavy atom. The third-order valence-electron chi connectivity index (χ3n) is 3.77. The van der Waals surface area contributed by atoms with E-state index in [1.807, 2.05) is 26.0 Å². The molecular formula is C20H18F3N3O. The van der Waals surface area contributed by atoms with Crippen molar-refractivity contribution in [1.29, 1.82) is 5.26 Å². The van der Waals surface area contributed by atoms with Gasteiger partial charge in [0.05, 0.1) is 5.56 Å². The van der Waals surface area contributed by atoms with Gasteiger partial charge in [0.2, 0.25) is 0 Å². The minimum Gasteiger partial charge on any atom is -0.360 e. The molecule has 0 aromatic heterocycles. The molecule has 0 heterocycles. The molecule has 7 heteroatoms. The number of nitrogens with one attached hydrogen (secondary N) is 2. The quantitative estimate of drug-likeness (QED) is 0.553. The lowest BCUT2D eigenvalue weighted by atomic mass is 10.0. The van der Waals surface area contributed by atoms with Crippen LogP contribution in [0.5, 0.6) is 0 Å². The van der Waals surface area contributed by atoms with Crippen molar-refractivity contribution in [3.8, 4) is 6.07 Å². The second-order valence-electron chi connectivity index (χ2n) is 6.09. The number of hydrogen-bond donors (Lipinski definition) is 2. The Bertz CT molecular complexity index is 896. The summed E-state index contributed by atoms with van der Waals surface area (Å²) in [4.78, 5) is 12.3. The summed E-state index contributed by atoms with van der Waals surface area (Å²) in [6, 6.07) is 13.4. The van der Waals surface area contributed by atoms with Crippen molar-refractivity contribution >= 4 is 17.3 Å². The van der Waals surface area contributed by atoms with Crippen molar-refractivity contribution in [2.75, 3.05) is 10.6 Å². The van der Waals surface area contributed by atoms with Crippen molar-refractivity contribution in [1.82, 2.24) is 0 Å². The zero-order valence-corrected chi connectivity index (χ0v) is 14.8. The third kappa shape index (κ3) is 5.35. The van der Waals surface area contributed by atoms with Crippen molar-refractivity contribution in [2.45, 2.75) is 25.9 Å². The molecule has 0 saturated carbocycles. The first-order chi connectivity index (χ1) is 12.7. The number of benzene rings is 2. The van der Waals surface area contributed by atoms with Gasteiger partial charge < -0.3 is 10.6 Å². The van der Waals surface area contributed by atoms with E-state index >= 15 is 0 Å². The predicted octanol–water partition coefficient (Wildman–Crippen LogP) is 5.29. The SMILES string of the molecule is CC(C)c1ccccc1NC(=O)/C(C#N)=C\Nc1cccc(C(F)(F)F)c1. The van der Waals surface area contributed by atoms with Crippen LogP contribution in [0.15, 0.2) is 60.3 Å². The van der Waals surface area contributed by atoms with E-state index in [1.54, 1.807) is 18.2 Å². The molecule has 2 aromatic rings. The highest BCUT2D eigenvalue weighted by Crippen LogP contribution is 2.30. The average molecular weight is 373 g/mol. The molecule has 2 rings (SSSR count). The van der Waals surface area contributed by atoms with Crippen LogP contribution in [-0.4, -0.2) is 5.91 Å². The van der Waals surface area contributed by atoms with E-state index in [9.17, 15) is 23.2 Å². The van der Waals surface area contributed by atoms with E-state index in [1.165, 1.54) is 12.1 Å². The maximum Gasteiger partial charge on any atom is 0.416 e. The standard InChI is InChI=1S/C20H18F3N3O/c1-13(2)17-8-3-4-9-18(17)26-19(27)14(11-24)12-25-16-7-5-6-15(10-16)20(21,22)23/h3-10,12-13,25H,1-2H3,(H,26,27)/b14-12-. The molecule has 2 aromatic carbocycles. The molecule has 0 aliphatic rings. The topological polar surface area (TPSA) is 64.9 Å². The molecule has 27 heavy (non-hydrogen) atoms. The van der Waals surface area contributed by atoms with Gasteiger partial charge >= 0.3 is 6.18 Å². The van der Waals surface area contributed by atoms with Gasteiger partial charge in [0, 0.05) is 17.6 Å². The van der Waals surface area contributed by atoms with Crippen LogP contribution < -0.4 is 10.6 Å². The predicted molar refractivity (Wildman–Crippen MR) is 97.9 cm³/mol. The van der Waals surface area contributed by atoms with Crippen LogP contribution in [0.1, 0.15) is 30.9 Å². The number of alkyl halides is 3. The molecule has 0 aliphatic heterocycles. The molecule has 140 valence electrons. The van der Waals surface area contributed by atoms with Crippen LogP contribution >= 0.6 is 0 Å². The Kier molecular flexibility index (Phi) is 6.24. The van der Waals surface area contributed by atoms with E-state index in [0.717, 1.165) is 23.9 Å². The number of nitriles is 1. The van der Waals surface area contributed by atoms with Crippen molar-refractivity contribution < 1.29 is 18.0 Å². The Morgan fingerprint density at radius 2 is 1.85 bits per heavy atom. The molecule has 0 atom stereocenters. The molecule has 0 saturated heterocycles. The van der Waals surface area contributed by atoms with Gasteiger partial charge in [0.15, 0.2) is 0 Å². The van der Waals surface area contributed by atoms with E-state index in [4.69, 9.17) is 0 Å². The number of nitrogens with zero attached hydrogens (tertiary/aromatic N) is 1. The van der Waals surface area contributed by atoms with E-state index < -0.39 is 17.6 Å². The zero-order chi connectivity index (χ0) is 20.0. The fourth-order valence-electron chi connectivity index (χ4n) is 2.39. The fourth-order valence-corrected chi connectivity index (χ4v) is 2.39. The summed E-state index contributed by atoms with van der Waals surface area (Å²) in [6.45, 7) is 3.95. The Balaban J connectivity index is 2.17. The number of hydrogen-bond acceptors (Lipinski definition) is 3. The molecule has 0 fully saturated rings. The van der Waals surface area contributed by atoms with Gasteiger partial charge in [0.25, 0.3) is 5.91 Å². The van der Waals surface area contributed by atoms with Crippen LogP contribution in [-0.2, 0) is 11.0 Å². The van der Waals surface area contributed by atoms with Crippen molar-refractivity contribution in [3.05, 3.63) is 71.4 Å². The second kappa shape index (κ2) is 8.41. The van der Waals surface area contributed by atoms with Gasteiger partial charge in [-0.15, -0.1) is 0 Å². The van der Waals surface area contributed by atoms with Gasteiger partial charge in [-0.25, -0.2) is 0 Å². The monoisotopic (exact) mass is 373 g/mol. The average Bonchev–Trinajstić information content (AvgIpc) is 2.62. The Labute approximate surface area is 155 Å². The smallest absolute Gasteiger partial charge is 0.360 e. The van der Waals surface area contributed by atoms with Crippen LogP contribution in [0, 0.1) is 11.3 Å². The second-order valence-corrected chi connectivity index (χ2v) is 6.09. The maximum absolute atomic E-state index is 12.7. The summed E-state index contributed by atoms with van der Waals surface area (Å²) in [7, 11) is 0. The van der Waals surface area contributed by atoms with Crippen molar-refractivity contribution in [3.63, 3.8) is 0 Å². The van der Waals surface area contributed by atoms with Crippen LogP contribution in [0.25, 0.3) is 0 Å². The first-order valence-electron chi connectivity index (χ1n) is 8.16. The number of carbonyl (C=O) groups excluding carboxylic acids is 1. The zero-order valence-electron chi connectivity index (χ0n) is 14.8. The van der Waals surface area contributed by atoms with Gasteiger partial charge in [-0.2, -0.15) is 18.4 Å². The highest BCUT2D eigenvalue weighted by molar-refractivity contribution is 6.07. The Morgan fingerprint density at radius 1 is 1.15 bits per heavy atom. The summed E-state index contributed by atoms with van der Waals surface area (Å²) < 4.78 is 38.2. The normalized spacial score (nSPS) is 11.8. The lowest BCUT2D eigenvalue weighted by Gasteiger charge is -2.13. The molecule has 4 nitrogen and oxygen atoms in total. The molecule has 0 unspecified atom stereocenters. The maximum atomic E-state index is 12.7. The van der Waals surface area contributed by atoms with E-state index in [-0.39, 0.29) is 17.2 Å². The third-order valence-corrected chi connectivity index (χ3v) is 3.77. The fraction of sp³-hybridized carbons (Fsp3) is 0.200. The van der Waals surface area contributed by atoms with Gasteiger partial charge in [-0.1, -0.05) is 38.1 Å². The molecule has 0 radical (unpaired) electrons. The highest BCUT2D eigenvalue weighted by atomic mass is 19.4. The van der Waals surface area contributed by atoms with Gasteiger partial charge in [-0.05, 0) is 35.7 Å². The van der Waals surface area contributed by atoms with E-state index in [2.05, 4.69) is 10.6 Å². The van der Waals surface area contributed by atoms with Crippen LogP contribution in [0.3, 0.4) is 0 Å². The lowest BCUT2D eigenvalue weighted by molar-refractivity contribution is -0.137. The highest BCUT2D eigenvalue weighted by Gasteiger charge is 2.30. The number of para-hydroxylation sites is 1. The summed E-state index contributed by atoms with van der Waals surface area (Å²) in [5, 5.41) is 14.4. The molecule has 2 N–H and O–H groups in total. The molecule has 0 bridgehead atoms. The molecule has 1 amide bonds. The first-order valence-corrected chi connectivity index (χ1v) is 8.16. The Hall–Kier alpha value is -3.27. The summed E-state index contributed by atoms with van der Waals surface area (Å²) in [5.74, 6) is -0.482. The number of rotatable bonds is 5. The number of anilines is 2. The molecular weight excluding hydrogens is 355 g/mol. The number of halogens is 3. The lowest BCUT2D eigenvalue weighted by Crippen LogP contribution is -2.16. The van der Waals surface area contributed by atoms with E-state index in [0.29, 0.717) is 5.69 Å². The van der Waals surface area contributed by atoms with Crippen molar-refractivity contribution in [2.24, 2.45) is 0 Å². The molecule has 0 spiro atoms. The summed E-state index contributed by atoms with van der Waals surface area (Å²) in [5.41, 5.74) is 0.528. The minimum absolute atomic E-state index is 0.118. The largest absolute Gasteiger partial charge is 0.416 e. The van der Waals surface area contributed by atoms with Gasteiger partial charge in [-0.3, -0.25) is 4.79 Å². The number of amides is 1. The summed E-state index contributed by atoms with van der Waals surface area (Å²) >= 11 is 0. The number of carbonyl (C=O) groups is 1. The summed E-state index contributed by atoms with van der Waals surface area (Å²) in [6.07, 6.45) is -3.39. The first kappa shape index (κ1) is 20.0. The van der Waals surface area contributed by atoms with Crippen LogP contribution in [0.2, 0.25) is 0 Å². The molecule has 0 aliphatic carbocycles. The van der Waals surface area contributed by atoms with Crippen LogP contribution in [0.4, 0.5) is 24.5 Å². The van der Waals surface area contributed by atoms with Gasteiger partial charge in [0.1, 0.15) is 11.6 Å². The minimum atomic E-state index is -4.47.